The summed E-state index contributed by atoms with van der Waals surface area (Å²) in [5.74, 6) is 0.363. The Labute approximate surface area is 105 Å². The van der Waals surface area contributed by atoms with Crippen LogP contribution >= 0.6 is 0 Å². The first-order chi connectivity index (χ1) is 8.10. The van der Waals surface area contributed by atoms with Gasteiger partial charge in [0, 0.05) is 19.6 Å². The lowest BCUT2D eigenvalue weighted by molar-refractivity contribution is 0.422. The fourth-order valence-corrected chi connectivity index (χ4v) is 3.60. The van der Waals surface area contributed by atoms with Crippen molar-refractivity contribution in [2.45, 2.75) is 39.0 Å². The summed E-state index contributed by atoms with van der Waals surface area (Å²) in [5, 5.41) is 0. The van der Waals surface area contributed by atoms with E-state index in [4.69, 9.17) is 5.73 Å². The lowest BCUT2D eigenvalue weighted by Gasteiger charge is -2.20. The molecule has 1 heterocycles. The van der Waals surface area contributed by atoms with Gasteiger partial charge in [0.15, 0.2) is 0 Å². The number of hydrogen-bond acceptors (Lipinski definition) is 3. The van der Waals surface area contributed by atoms with Crippen molar-refractivity contribution in [3.8, 4) is 0 Å². The Kier molecular flexibility index (Phi) is 6.40. The van der Waals surface area contributed by atoms with Crippen molar-refractivity contribution in [3.05, 3.63) is 0 Å². The molecule has 17 heavy (non-hydrogen) atoms. The molecule has 0 amide bonds. The first kappa shape index (κ1) is 14.9. The number of rotatable bonds is 8. The van der Waals surface area contributed by atoms with Crippen LogP contribution in [0.5, 0.6) is 0 Å². The molecular formula is C11H25N3O2S. The summed E-state index contributed by atoms with van der Waals surface area (Å²) < 4.78 is 28.1. The Morgan fingerprint density at radius 1 is 1.29 bits per heavy atom. The van der Waals surface area contributed by atoms with Gasteiger partial charge >= 0.3 is 0 Å². The standard InChI is InChI=1S/C11H25N3O2S/c1-2-5-11(6-7-12)10-13-17(15,16)14-8-3-4-9-14/h11,13H,2-10,12H2,1H3. The van der Waals surface area contributed by atoms with Crippen LogP contribution < -0.4 is 10.5 Å². The molecule has 0 aliphatic carbocycles. The van der Waals surface area contributed by atoms with Crippen LogP contribution in [-0.2, 0) is 10.2 Å². The Hall–Kier alpha value is -0.170. The van der Waals surface area contributed by atoms with E-state index in [9.17, 15) is 8.42 Å². The molecule has 102 valence electrons. The SMILES string of the molecule is CCCC(CCN)CNS(=O)(=O)N1CCCC1. The van der Waals surface area contributed by atoms with E-state index in [-0.39, 0.29) is 0 Å². The minimum absolute atomic E-state index is 0.363. The summed E-state index contributed by atoms with van der Waals surface area (Å²) in [5.41, 5.74) is 5.53. The highest BCUT2D eigenvalue weighted by molar-refractivity contribution is 7.87. The predicted octanol–water partition coefficient (Wildman–Crippen LogP) is 0.682. The maximum Gasteiger partial charge on any atom is 0.279 e. The molecule has 1 rings (SSSR count). The Morgan fingerprint density at radius 2 is 1.94 bits per heavy atom. The van der Waals surface area contributed by atoms with Crippen molar-refractivity contribution in [3.63, 3.8) is 0 Å². The summed E-state index contributed by atoms with van der Waals surface area (Å²) in [6.45, 7) is 4.56. The lowest BCUT2D eigenvalue weighted by Crippen LogP contribution is -2.41. The van der Waals surface area contributed by atoms with Gasteiger partial charge in [-0.25, -0.2) is 4.72 Å². The van der Waals surface area contributed by atoms with Crippen molar-refractivity contribution in [1.29, 1.82) is 0 Å². The van der Waals surface area contributed by atoms with Gasteiger partial charge < -0.3 is 5.73 Å². The maximum atomic E-state index is 11.9. The fourth-order valence-electron chi connectivity index (χ4n) is 2.24. The van der Waals surface area contributed by atoms with Gasteiger partial charge in [-0.2, -0.15) is 12.7 Å². The molecule has 5 nitrogen and oxygen atoms in total. The van der Waals surface area contributed by atoms with Gasteiger partial charge in [-0.05, 0) is 38.1 Å². The zero-order chi connectivity index (χ0) is 12.7. The Bertz CT molecular complexity index is 294. The summed E-state index contributed by atoms with van der Waals surface area (Å²) >= 11 is 0. The highest BCUT2D eigenvalue weighted by Crippen LogP contribution is 2.13. The molecule has 1 aliphatic heterocycles. The molecule has 0 aromatic rings. The van der Waals surface area contributed by atoms with E-state index in [2.05, 4.69) is 11.6 Å². The number of nitrogens with two attached hydrogens (primary N) is 1. The largest absolute Gasteiger partial charge is 0.330 e. The highest BCUT2D eigenvalue weighted by Gasteiger charge is 2.25. The second-order valence-corrected chi connectivity index (χ2v) is 6.45. The third-order valence-electron chi connectivity index (χ3n) is 3.23. The molecule has 1 aliphatic rings. The zero-order valence-corrected chi connectivity index (χ0v) is 11.5. The van der Waals surface area contributed by atoms with Crippen LogP contribution in [0.1, 0.15) is 39.0 Å². The average molecular weight is 263 g/mol. The van der Waals surface area contributed by atoms with Crippen LogP contribution in [0, 0.1) is 5.92 Å². The number of nitrogens with one attached hydrogen (secondary N) is 1. The summed E-state index contributed by atoms with van der Waals surface area (Å²) in [4.78, 5) is 0. The predicted molar refractivity (Wildman–Crippen MR) is 69.8 cm³/mol. The van der Waals surface area contributed by atoms with E-state index >= 15 is 0 Å². The highest BCUT2D eigenvalue weighted by atomic mass is 32.2. The summed E-state index contributed by atoms with van der Waals surface area (Å²) in [7, 11) is -3.25. The Balaban J connectivity index is 2.40. The van der Waals surface area contributed by atoms with E-state index in [1.165, 1.54) is 0 Å². The summed E-state index contributed by atoms with van der Waals surface area (Å²) in [6, 6.07) is 0. The van der Waals surface area contributed by atoms with Gasteiger partial charge in [0.1, 0.15) is 0 Å². The van der Waals surface area contributed by atoms with Gasteiger partial charge in [0.2, 0.25) is 0 Å². The van der Waals surface area contributed by atoms with E-state index in [1.807, 2.05) is 0 Å². The first-order valence-electron chi connectivity index (χ1n) is 6.55. The molecule has 1 saturated heterocycles. The topological polar surface area (TPSA) is 75.4 Å². The van der Waals surface area contributed by atoms with Gasteiger partial charge in [-0.15, -0.1) is 0 Å². The molecule has 0 aromatic heterocycles. The van der Waals surface area contributed by atoms with Crippen LogP contribution in [-0.4, -0.2) is 38.9 Å². The molecule has 1 atom stereocenters. The van der Waals surface area contributed by atoms with Crippen LogP contribution in [0.2, 0.25) is 0 Å². The van der Waals surface area contributed by atoms with E-state index < -0.39 is 10.2 Å². The third-order valence-corrected chi connectivity index (χ3v) is 4.81. The number of hydrogen-bond donors (Lipinski definition) is 2. The van der Waals surface area contributed by atoms with Gasteiger partial charge in [-0.1, -0.05) is 13.3 Å². The Morgan fingerprint density at radius 3 is 2.47 bits per heavy atom. The molecule has 1 fully saturated rings. The average Bonchev–Trinajstić information content (AvgIpc) is 2.81. The maximum absolute atomic E-state index is 11.9. The smallest absolute Gasteiger partial charge is 0.279 e. The van der Waals surface area contributed by atoms with E-state index in [1.54, 1.807) is 4.31 Å². The monoisotopic (exact) mass is 263 g/mol. The van der Waals surface area contributed by atoms with Crippen molar-refractivity contribution in [2.75, 3.05) is 26.2 Å². The quantitative estimate of drug-likeness (QED) is 0.676. The molecule has 0 saturated carbocycles. The van der Waals surface area contributed by atoms with E-state index in [0.29, 0.717) is 32.1 Å². The van der Waals surface area contributed by atoms with Crippen molar-refractivity contribution >= 4 is 10.2 Å². The van der Waals surface area contributed by atoms with Crippen molar-refractivity contribution < 1.29 is 8.42 Å². The molecule has 3 N–H and O–H groups in total. The van der Waals surface area contributed by atoms with Crippen LogP contribution in [0.15, 0.2) is 0 Å². The molecule has 0 spiro atoms. The molecule has 0 radical (unpaired) electrons. The van der Waals surface area contributed by atoms with Crippen LogP contribution in [0.25, 0.3) is 0 Å². The molecule has 1 unspecified atom stereocenters. The lowest BCUT2D eigenvalue weighted by atomic mass is 10.0. The summed E-state index contributed by atoms with van der Waals surface area (Å²) in [6.07, 6.45) is 4.93. The van der Waals surface area contributed by atoms with E-state index in [0.717, 1.165) is 32.1 Å². The minimum atomic E-state index is -3.25. The van der Waals surface area contributed by atoms with Crippen molar-refractivity contribution in [1.82, 2.24) is 9.03 Å². The molecule has 0 bridgehead atoms. The molecular weight excluding hydrogens is 238 g/mol. The van der Waals surface area contributed by atoms with Gasteiger partial charge in [-0.3, -0.25) is 0 Å². The first-order valence-corrected chi connectivity index (χ1v) is 7.99. The van der Waals surface area contributed by atoms with Crippen LogP contribution in [0.3, 0.4) is 0 Å². The molecule has 6 heteroatoms. The van der Waals surface area contributed by atoms with Crippen LogP contribution in [0.4, 0.5) is 0 Å². The normalized spacial score (nSPS) is 19.6. The second kappa shape index (κ2) is 7.31. The van der Waals surface area contributed by atoms with Gasteiger partial charge in [0.25, 0.3) is 10.2 Å². The third kappa shape index (κ3) is 4.91. The number of nitrogens with zero attached hydrogens (tertiary/aromatic N) is 1. The molecule has 0 aromatic carbocycles. The minimum Gasteiger partial charge on any atom is -0.330 e. The van der Waals surface area contributed by atoms with Gasteiger partial charge in [0.05, 0.1) is 0 Å². The second-order valence-electron chi connectivity index (χ2n) is 4.69. The zero-order valence-electron chi connectivity index (χ0n) is 10.7. The van der Waals surface area contributed by atoms with Crippen molar-refractivity contribution in [2.24, 2.45) is 11.7 Å². The fraction of sp³-hybridized carbons (Fsp3) is 1.00.